The van der Waals surface area contributed by atoms with Crippen LogP contribution in [0.1, 0.15) is 24.7 Å². The molecule has 0 spiro atoms. The second kappa shape index (κ2) is 7.98. The minimum Gasteiger partial charge on any atom is -0.342 e. The highest BCUT2D eigenvalue weighted by Crippen LogP contribution is 2.28. The highest BCUT2D eigenvalue weighted by Gasteiger charge is 2.39. The number of benzene rings is 1. The van der Waals surface area contributed by atoms with Crippen molar-refractivity contribution in [2.75, 3.05) is 18.8 Å². The Bertz CT molecular complexity index is 899. The van der Waals surface area contributed by atoms with Crippen LogP contribution in [0.2, 0.25) is 0 Å². The Labute approximate surface area is 162 Å². The number of halogens is 4. The lowest BCUT2D eigenvalue weighted by Gasteiger charge is -2.31. The van der Waals surface area contributed by atoms with E-state index < -0.39 is 23.7 Å². The SMILES string of the molecule is Cn1c(C(F)(F)F)nn(C2CCN(C(=O)CSc3ccc(F)cc3)CC2)c1=O. The number of piperidine rings is 1. The smallest absolute Gasteiger partial charge is 0.342 e. The van der Waals surface area contributed by atoms with Crippen molar-refractivity contribution in [2.24, 2.45) is 7.05 Å². The lowest BCUT2D eigenvalue weighted by Crippen LogP contribution is -2.41. The summed E-state index contributed by atoms with van der Waals surface area (Å²) >= 11 is 1.28. The molecule has 6 nitrogen and oxygen atoms in total. The second-order valence-electron chi connectivity index (χ2n) is 6.46. The molecule has 0 atom stereocenters. The van der Waals surface area contributed by atoms with E-state index in [0.29, 0.717) is 30.5 Å². The summed E-state index contributed by atoms with van der Waals surface area (Å²) in [6, 6.07) is 5.33. The van der Waals surface area contributed by atoms with Gasteiger partial charge in [0.15, 0.2) is 0 Å². The van der Waals surface area contributed by atoms with Gasteiger partial charge in [0.2, 0.25) is 11.7 Å². The summed E-state index contributed by atoms with van der Waals surface area (Å²) in [4.78, 5) is 26.8. The standard InChI is InChI=1S/C17H18F4N4O2S/c1-23-15(17(19,20)21)22-25(16(23)27)12-6-8-24(9-7-12)14(26)10-28-13-4-2-11(18)3-5-13/h2-5,12H,6-10H2,1H3. The first-order chi connectivity index (χ1) is 13.2. The number of rotatable bonds is 4. The zero-order valence-corrected chi connectivity index (χ0v) is 15.8. The molecule has 0 saturated carbocycles. The summed E-state index contributed by atoms with van der Waals surface area (Å²) in [5, 5.41) is 3.46. The Morgan fingerprint density at radius 3 is 2.36 bits per heavy atom. The molecule has 0 bridgehead atoms. The fourth-order valence-corrected chi connectivity index (χ4v) is 3.87. The first-order valence-corrected chi connectivity index (χ1v) is 9.54. The predicted molar refractivity (Wildman–Crippen MR) is 94.4 cm³/mol. The van der Waals surface area contributed by atoms with Gasteiger partial charge in [-0.05, 0) is 37.1 Å². The lowest BCUT2D eigenvalue weighted by molar-refractivity contribution is -0.147. The molecule has 1 aromatic carbocycles. The Morgan fingerprint density at radius 2 is 1.82 bits per heavy atom. The number of carbonyl (C=O) groups excluding carboxylic acids is 1. The Hall–Kier alpha value is -2.30. The first-order valence-electron chi connectivity index (χ1n) is 8.55. The number of hydrogen-bond acceptors (Lipinski definition) is 4. The molecule has 0 radical (unpaired) electrons. The summed E-state index contributed by atoms with van der Waals surface area (Å²) in [5.74, 6) is -1.52. The normalized spacial score (nSPS) is 15.8. The van der Waals surface area contributed by atoms with Crippen molar-refractivity contribution in [3.05, 3.63) is 46.4 Å². The van der Waals surface area contributed by atoms with E-state index in [2.05, 4.69) is 5.10 Å². The van der Waals surface area contributed by atoms with Crippen molar-refractivity contribution in [2.45, 2.75) is 30.0 Å². The van der Waals surface area contributed by atoms with Gasteiger partial charge in [-0.1, -0.05) is 0 Å². The fraction of sp³-hybridized carbons (Fsp3) is 0.471. The van der Waals surface area contributed by atoms with Crippen LogP contribution in [-0.2, 0) is 18.0 Å². The molecule has 1 aromatic heterocycles. The third-order valence-electron chi connectivity index (χ3n) is 4.60. The van der Waals surface area contributed by atoms with Crippen LogP contribution in [0.25, 0.3) is 0 Å². The zero-order valence-electron chi connectivity index (χ0n) is 14.9. The van der Waals surface area contributed by atoms with Crippen LogP contribution in [0.4, 0.5) is 17.6 Å². The Kier molecular flexibility index (Phi) is 5.82. The van der Waals surface area contributed by atoms with E-state index >= 15 is 0 Å². The monoisotopic (exact) mass is 418 g/mol. The molecule has 1 saturated heterocycles. The molecule has 1 fully saturated rings. The first kappa shape index (κ1) is 20.4. The maximum absolute atomic E-state index is 12.9. The molecule has 0 unspecified atom stereocenters. The number of thioether (sulfide) groups is 1. The minimum atomic E-state index is -4.70. The van der Waals surface area contributed by atoms with Crippen LogP contribution in [-0.4, -0.2) is 44.0 Å². The maximum Gasteiger partial charge on any atom is 0.451 e. The third-order valence-corrected chi connectivity index (χ3v) is 5.59. The largest absolute Gasteiger partial charge is 0.451 e. The van der Waals surface area contributed by atoms with Crippen molar-refractivity contribution in [1.29, 1.82) is 0 Å². The van der Waals surface area contributed by atoms with Crippen LogP contribution in [0.5, 0.6) is 0 Å². The van der Waals surface area contributed by atoms with Gasteiger partial charge in [-0.15, -0.1) is 16.9 Å². The molecule has 28 heavy (non-hydrogen) atoms. The second-order valence-corrected chi connectivity index (χ2v) is 7.51. The van der Waals surface area contributed by atoms with Crippen LogP contribution in [0.3, 0.4) is 0 Å². The van der Waals surface area contributed by atoms with Gasteiger partial charge in [0.25, 0.3) is 0 Å². The van der Waals surface area contributed by atoms with Gasteiger partial charge in [-0.3, -0.25) is 9.36 Å². The molecule has 2 aromatic rings. The van der Waals surface area contributed by atoms with Crippen molar-refractivity contribution in [3.8, 4) is 0 Å². The molecule has 1 amide bonds. The number of alkyl halides is 3. The molecule has 0 aliphatic carbocycles. The molecule has 152 valence electrons. The predicted octanol–water partition coefficient (Wildman–Crippen LogP) is 2.70. The zero-order chi connectivity index (χ0) is 20.5. The number of aromatic nitrogens is 3. The van der Waals surface area contributed by atoms with E-state index in [0.717, 1.165) is 16.6 Å². The van der Waals surface area contributed by atoms with Crippen molar-refractivity contribution in [1.82, 2.24) is 19.2 Å². The van der Waals surface area contributed by atoms with Gasteiger partial charge < -0.3 is 4.90 Å². The topological polar surface area (TPSA) is 60.1 Å². The van der Waals surface area contributed by atoms with Crippen LogP contribution in [0, 0.1) is 5.82 Å². The Morgan fingerprint density at radius 1 is 1.21 bits per heavy atom. The van der Waals surface area contributed by atoms with Crippen molar-refractivity contribution in [3.63, 3.8) is 0 Å². The van der Waals surface area contributed by atoms with E-state index in [1.54, 1.807) is 17.0 Å². The number of likely N-dealkylation sites (tertiary alicyclic amines) is 1. The molecule has 2 heterocycles. The van der Waals surface area contributed by atoms with Crippen molar-refractivity contribution >= 4 is 17.7 Å². The van der Waals surface area contributed by atoms with Crippen LogP contribution in [0.15, 0.2) is 34.0 Å². The van der Waals surface area contributed by atoms with E-state index in [1.807, 2.05) is 0 Å². The summed E-state index contributed by atoms with van der Waals surface area (Å²) in [5.41, 5.74) is -0.816. The number of nitrogens with zero attached hydrogens (tertiary/aromatic N) is 4. The lowest BCUT2D eigenvalue weighted by atomic mass is 10.1. The molecule has 0 N–H and O–H groups in total. The number of hydrogen-bond donors (Lipinski definition) is 0. The molecular weight excluding hydrogens is 400 g/mol. The summed E-state index contributed by atoms with van der Waals surface area (Å²) in [6.45, 7) is 0.662. The average Bonchev–Trinajstić information content (AvgIpc) is 2.96. The highest BCUT2D eigenvalue weighted by molar-refractivity contribution is 8.00. The van der Waals surface area contributed by atoms with Gasteiger partial charge in [0, 0.05) is 25.0 Å². The van der Waals surface area contributed by atoms with E-state index in [-0.39, 0.29) is 17.5 Å². The quantitative estimate of drug-likeness (QED) is 0.566. The van der Waals surface area contributed by atoms with Gasteiger partial charge in [-0.25, -0.2) is 13.9 Å². The van der Waals surface area contributed by atoms with Gasteiger partial charge in [-0.2, -0.15) is 13.2 Å². The minimum absolute atomic E-state index is 0.114. The van der Waals surface area contributed by atoms with E-state index in [9.17, 15) is 27.2 Å². The summed E-state index contributed by atoms with van der Waals surface area (Å²) in [6.07, 6.45) is -4.00. The van der Waals surface area contributed by atoms with E-state index in [1.165, 1.54) is 23.9 Å². The van der Waals surface area contributed by atoms with Crippen LogP contribution < -0.4 is 5.69 Å². The fourth-order valence-electron chi connectivity index (χ4n) is 3.07. The number of amides is 1. The van der Waals surface area contributed by atoms with Gasteiger partial charge in [0.05, 0.1) is 11.8 Å². The number of carbonyl (C=O) groups is 1. The third kappa shape index (κ3) is 4.40. The molecular formula is C17H18F4N4O2S. The molecule has 1 aliphatic heterocycles. The van der Waals surface area contributed by atoms with Crippen LogP contribution >= 0.6 is 11.8 Å². The van der Waals surface area contributed by atoms with Crippen molar-refractivity contribution < 1.29 is 22.4 Å². The van der Waals surface area contributed by atoms with Gasteiger partial charge in [0.1, 0.15) is 5.82 Å². The summed E-state index contributed by atoms with van der Waals surface area (Å²) < 4.78 is 53.0. The average molecular weight is 418 g/mol. The highest BCUT2D eigenvalue weighted by atomic mass is 32.2. The van der Waals surface area contributed by atoms with E-state index in [4.69, 9.17) is 0 Å². The molecule has 1 aliphatic rings. The Balaban J connectivity index is 1.58. The summed E-state index contributed by atoms with van der Waals surface area (Å²) in [7, 11) is 1.04. The molecule has 11 heteroatoms. The maximum atomic E-state index is 12.9. The van der Waals surface area contributed by atoms with Gasteiger partial charge >= 0.3 is 11.9 Å². The molecule has 3 rings (SSSR count).